The van der Waals surface area contributed by atoms with E-state index in [1.54, 1.807) is 35.2 Å². The predicted octanol–water partition coefficient (Wildman–Crippen LogP) is 3.35. The van der Waals surface area contributed by atoms with Crippen LogP contribution in [-0.4, -0.2) is 48.4 Å². The third kappa shape index (κ3) is 3.69. The first-order chi connectivity index (χ1) is 14.3. The molecule has 1 aliphatic heterocycles. The lowest BCUT2D eigenvalue weighted by Crippen LogP contribution is -2.40. The Balaban J connectivity index is 1.67. The molecule has 0 radical (unpaired) electrons. The van der Waals surface area contributed by atoms with Gasteiger partial charge >= 0.3 is 6.18 Å². The topological polar surface area (TPSA) is 68.8 Å². The molecule has 0 saturated carbocycles. The van der Waals surface area contributed by atoms with E-state index in [9.17, 15) is 18.0 Å². The molecule has 4 rings (SSSR count). The van der Waals surface area contributed by atoms with Crippen molar-refractivity contribution in [2.24, 2.45) is 7.05 Å². The number of amides is 1. The lowest BCUT2D eigenvalue weighted by atomic mass is 9.96. The fraction of sp³-hybridized carbons (Fsp3) is 0.400. The molecule has 1 aliphatic rings. The molecule has 2 aromatic heterocycles. The quantitative estimate of drug-likeness (QED) is 0.654. The van der Waals surface area contributed by atoms with Crippen LogP contribution < -0.4 is 0 Å². The summed E-state index contributed by atoms with van der Waals surface area (Å²) in [7, 11) is 1.81. The number of hydrogen-bond donors (Lipinski definition) is 0. The zero-order valence-electron chi connectivity index (χ0n) is 16.6. The normalized spacial score (nSPS) is 17.4. The van der Waals surface area contributed by atoms with Crippen molar-refractivity contribution in [2.75, 3.05) is 13.1 Å². The number of likely N-dealkylation sites (tertiary alicyclic amines) is 1. The predicted molar refractivity (Wildman–Crippen MR) is 102 cm³/mol. The monoisotopic (exact) mass is 418 g/mol. The summed E-state index contributed by atoms with van der Waals surface area (Å²) in [5.41, 5.74) is -0.333. The molecule has 3 aromatic rings. The molecule has 1 fully saturated rings. The standard InChI is InChI=1S/C20H21F3N6O/c1-13-5-7-15(8-6-13)29-17(20(21,22)23)16(10-25-29)19(30)28-9-3-4-14(11-28)18-26-24-12-27(18)2/h5-8,10,12,14H,3-4,9,11H2,1-2H3/t14-/m1/s1. The summed E-state index contributed by atoms with van der Waals surface area (Å²) >= 11 is 0. The van der Waals surface area contributed by atoms with Gasteiger partial charge in [-0.05, 0) is 31.9 Å². The summed E-state index contributed by atoms with van der Waals surface area (Å²) in [5.74, 6) is -0.0249. The zero-order chi connectivity index (χ0) is 21.5. The second-order valence-electron chi connectivity index (χ2n) is 7.54. The minimum atomic E-state index is -4.73. The van der Waals surface area contributed by atoms with Crippen molar-refractivity contribution < 1.29 is 18.0 Å². The van der Waals surface area contributed by atoms with E-state index >= 15 is 0 Å². The number of hydrogen-bond acceptors (Lipinski definition) is 4. The highest BCUT2D eigenvalue weighted by molar-refractivity contribution is 5.95. The molecule has 7 nitrogen and oxygen atoms in total. The van der Waals surface area contributed by atoms with Crippen LogP contribution in [0.2, 0.25) is 0 Å². The number of aromatic nitrogens is 5. The third-order valence-corrected chi connectivity index (χ3v) is 5.37. The molecule has 0 N–H and O–H groups in total. The van der Waals surface area contributed by atoms with Crippen molar-refractivity contribution in [3.63, 3.8) is 0 Å². The van der Waals surface area contributed by atoms with Crippen molar-refractivity contribution in [2.45, 2.75) is 31.9 Å². The first kappa shape index (κ1) is 20.1. The van der Waals surface area contributed by atoms with Gasteiger partial charge in [0.05, 0.1) is 17.4 Å². The van der Waals surface area contributed by atoms with Crippen LogP contribution in [0.1, 0.15) is 46.2 Å². The Morgan fingerprint density at radius 3 is 2.57 bits per heavy atom. The Hall–Kier alpha value is -3.17. The number of carbonyl (C=O) groups excluding carboxylic acids is 1. The molecular formula is C20H21F3N6O. The highest BCUT2D eigenvalue weighted by atomic mass is 19.4. The van der Waals surface area contributed by atoms with Crippen LogP contribution in [0.25, 0.3) is 5.69 Å². The van der Waals surface area contributed by atoms with Crippen molar-refractivity contribution in [3.8, 4) is 5.69 Å². The van der Waals surface area contributed by atoms with Gasteiger partial charge in [0, 0.05) is 26.1 Å². The maximum atomic E-state index is 13.9. The van der Waals surface area contributed by atoms with Crippen LogP contribution in [0.15, 0.2) is 36.8 Å². The van der Waals surface area contributed by atoms with Crippen molar-refractivity contribution in [1.29, 1.82) is 0 Å². The van der Waals surface area contributed by atoms with E-state index in [0.29, 0.717) is 19.5 Å². The van der Waals surface area contributed by atoms with Gasteiger partial charge in [-0.3, -0.25) is 4.79 Å². The van der Waals surface area contributed by atoms with E-state index in [2.05, 4.69) is 15.3 Å². The third-order valence-electron chi connectivity index (χ3n) is 5.37. The largest absolute Gasteiger partial charge is 0.434 e. The molecule has 0 unspecified atom stereocenters. The molecule has 158 valence electrons. The summed E-state index contributed by atoms with van der Waals surface area (Å²) < 4.78 is 44.4. The first-order valence-electron chi connectivity index (χ1n) is 9.61. The SMILES string of the molecule is Cc1ccc(-n2ncc(C(=O)N3CCC[C@@H](c4nncn4C)C3)c2C(F)(F)F)cc1. The van der Waals surface area contributed by atoms with E-state index < -0.39 is 23.3 Å². The van der Waals surface area contributed by atoms with Crippen LogP contribution in [0, 0.1) is 6.92 Å². The lowest BCUT2D eigenvalue weighted by molar-refractivity contribution is -0.143. The van der Waals surface area contributed by atoms with Gasteiger partial charge in [0.15, 0.2) is 5.69 Å². The average Bonchev–Trinajstić information content (AvgIpc) is 3.34. The Morgan fingerprint density at radius 1 is 1.20 bits per heavy atom. The summed E-state index contributed by atoms with van der Waals surface area (Å²) in [4.78, 5) is 14.5. The van der Waals surface area contributed by atoms with E-state index in [0.717, 1.165) is 28.7 Å². The number of alkyl halides is 3. The van der Waals surface area contributed by atoms with Crippen LogP contribution >= 0.6 is 0 Å². The van der Waals surface area contributed by atoms with E-state index in [-0.39, 0.29) is 11.6 Å². The van der Waals surface area contributed by atoms with Gasteiger partial charge < -0.3 is 9.47 Å². The second kappa shape index (κ2) is 7.58. The van der Waals surface area contributed by atoms with Crippen molar-refractivity contribution >= 4 is 5.91 Å². The number of nitrogens with zero attached hydrogens (tertiary/aromatic N) is 6. The van der Waals surface area contributed by atoms with Crippen LogP contribution in [0.5, 0.6) is 0 Å². The van der Waals surface area contributed by atoms with Crippen LogP contribution in [-0.2, 0) is 13.2 Å². The molecule has 1 amide bonds. The summed E-state index contributed by atoms with van der Waals surface area (Å²) in [6.07, 6.45) is -0.673. The van der Waals surface area contributed by atoms with Crippen LogP contribution in [0.3, 0.4) is 0 Å². The molecule has 10 heteroatoms. The minimum absolute atomic E-state index is 0.0725. The molecule has 30 heavy (non-hydrogen) atoms. The van der Waals surface area contributed by atoms with Gasteiger partial charge in [-0.15, -0.1) is 10.2 Å². The molecule has 1 saturated heterocycles. The van der Waals surface area contributed by atoms with E-state index in [1.165, 1.54) is 4.90 Å². The maximum absolute atomic E-state index is 13.9. The highest BCUT2D eigenvalue weighted by Crippen LogP contribution is 2.35. The number of piperidine rings is 1. The Morgan fingerprint density at radius 2 is 1.93 bits per heavy atom. The van der Waals surface area contributed by atoms with Crippen LogP contribution in [0.4, 0.5) is 13.2 Å². The van der Waals surface area contributed by atoms with Gasteiger partial charge in [0.25, 0.3) is 5.91 Å². The van der Waals surface area contributed by atoms with E-state index in [4.69, 9.17) is 0 Å². The Bertz CT molecular complexity index is 1050. The Labute approximate surface area is 171 Å². The number of halogens is 3. The number of aryl methyl sites for hydroxylation is 2. The molecule has 0 spiro atoms. The number of rotatable bonds is 3. The first-order valence-corrected chi connectivity index (χ1v) is 9.61. The summed E-state index contributed by atoms with van der Waals surface area (Å²) in [5, 5.41) is 11.9. The Kier molecular flexibility index (Phi) is 5.08. The smallest absolute Gasteiger partial charge is 0.338 e. The number of benzene rings is 1. The molecule has 1 atom stereocenters. The van der Waals surface area contributed by atoms with Gasteiger partial charge in [0.1, 0.15) is 12.2 Å². The van der Waals surface area contributed by atoms with Gasteiger partial charge in [0.2, 0.25) is 0 Å². The van der Waals surface area contributed by atoms with E-state index in [1.807, 2.05) is 14.0 Å². The zero-order valence-corrected chi connectivity index (χ0v) is 16.6. The van der Waals surface area contributed by atoms with Gasteiger partial charge in [-0.2, -0.15) is 18.3 Å². The number of carbonyl (C=O) groups is 1. The highest BCUT2D eigenvalue weighted by Gasteiger charge is 2.42. The average molecular weight is 418 g/mol. The summed E-state index contributed by atoms with van der Waals surface area (Å²) in [6, 6.07) is 6.51. The summed E-state index contributed by atoms with van der Waals surface area (Å²) in [6.45, 7) is 2.52. The molecule has 0 bridgehead atoms. The lowest BCUT2D eigenvalue weighted by Gasteiger charge is -2.32. The fourth-order valence-corrected chi connectivity index (χ4v) is 3.86. The van der Waals surface area contributed by atoms with Gasteiger partial charge in [-0.1, -0.05) is 17.7 Å². The minimum Gasteiger partial charge on any atom is -0.338 e. The maximum Gasteiger partial charge on any atom is 0.434 e. The molecule has 1 aromatic carbocycles. The van der Waals surface area contributed by atoms with Crippen molar-refractivity contribution in [3.05, 3.63) is 59.4 Å². The fourth-order valence-electron chi connectivity index (χ4n) is 3.86. The van der Waals surface area contributed by atoms with Crippen molar-refractivity contribution in [1.82, 2.24) is 29.4 Å². The molecular weight excluding hydrogens is 397 g/mol. The van der Waals surface area contributed by atoms with Gasteiger partial charge in [-0.25, -0.2) is 4.68 Å². The second-order valence-corrected chi connectivity index (χ2v) is 7.54. The molecule has 3 heterocycles. The molecule has 0 aliphatic carbocycles.